The minimum Gasteiger partial charge on any atom is -0.493 e. The van der Waals surface area contributed by atoms with Gasteiger partial charge in [-0.15, -0.1) is 0 Å². The van der Waals surface area contributed by atoms with Gasteiger partial charge in [0, 0.05) is 24.5 Å². The molecular formula is C14H18FNO3. The molecule has 0 aliphatic carbocycles. The summed E-state index contributed by atoms with van der Waals surface area (Å²) in [5.41, 5.74) is 1.05. The van der Waals surface area contributed by atoms with Gasteiger partial charge in [-0.3, -0.25) is 4.79 Å². The van der Waals surface area contributed by atoms with Crippen molar-refractivity contribution in [1.29, 1.82) is 0 Å². The zero-order valence-electron chi connectivity index (χ0n) is 11.1. The van der Waals surface area contributed by atoms with E-state index in [2.05, 4.69) is 5.32 Å². The number of carbonyl (C=O) groups excluding carboxylic acids is 1. The molecule has 2 N–H and O–H groups in total. The second kappa shape index (κ2) is 5.57. The smallest absolute Gasteiger partial charge is 0.217 e. The molecule has 0 radical (unpaired) electrons. The van der Waals surface area contributed by atoms with E-state index >= 15 is 0 Å². The van der Waals surface area contributed by atoms with Gasteiger partial charge < -0.3 is 15.2 Å². The van der Waals surface area contributed by atoms with Crippen LogP contribution in [0.5, 0.6) is 5.75 Å². The van der Waals surface area contributed by atoms with Crippen molar-refractivity contribution in [3.8, 4) is 5.75 Å². The van der Waals surface area contributed by atoms with Gasteiger partial charge in [-0.1, -0.05) is 6.92 Å². The Morgan fingerprint density at radius 3 is 3.00 bits per heavy atom. The third kappa shape index (κ3) is 2.87. The van der Waals surface area contributed by atoms with E-state index in [-0.39, 0.29) is 11.9 Å². The molecule has 0 aromatic heterocycles. The SMILES string of the molecule is CCC(O)c1cc(F)cc2c1OCCC2NC(C)=O. The van der Waals surface area contributed by atoms with Crippen LogP contribution in [0.3, 0.4) is 0 Å². The zero-order chi connectivity index (χ0) is 14.0. The number of halogens is 1. The molecular weight excluding hydrogens is 249 g/mol. The monoisotopic (exact) mass is 267 g/mol. The summed E-state index contributed by atoms with van der Waals surface area (Å²) in [7, 11) is 0. The summed E-state index contributed by atoms with van der Waals surface area (Å²) in [6.07, 6.45) is 0.308. The first-order valence-electron chi connectivity index (χ1n) is 6.44. The summed E-state index contributed by atoms with van der Waals surface area (Å²) in [5.74, 6) is -0.0949. The highest BCUT2D eigenvalue weighted by Crippen LogP contribution is 2.39. The number of ether oxygens (including phenoxy) is 1. The van der Waals surface area contributed by atoms with Crippen LogP contribution in [0.1, 0.15) is 50.0 Å². The maximum absolute atomic E-state index is 13.7. The summed E-state index contributed by atoms with van der Waals surface area (Å²) < 4.78 is 19.2. The van der Waals surface area contributed by atoms with E-state index in [1.807, 2.05) is 6.92 Å². The van der Waals surface area contributed by atoms with Gasteiger partial charge >= 0.3 is 0 Å². The molecule has 1 aliphatic heterocycles. The van der Waals surface area contributed by atoms with Crippen molar-refractivity contribution in [2.75, 3.05) is 6.61 Å². The largest absolute Gasteiger partial charge is 0.493 e. The van der Waals surface area contributed by atoms with Gasteiger partial charge in [0.2, 0.25) is 5.91 Å². The normalized spacial score (nSPS) is 19.3. The van der Waals surface area contributed by atoms with Crippen molar-refractivity contribution in [3.63, 3.8) is 0 Å². The van der Waals surface area contributed by atoms with Crippen molar-refractivity contribution < 1.29 is 19.0 Å². The Bertz CT molecular complexity index is 490. The van der Waals surface area contributed by atoms with Crippen molar-refractivity contribution in [1.82, 2.24) is 5.32 Å². The lowest BCUT2D eigenvalue weighted by Gasteiger charge is -2.29. The molecule has 1 aromatic rings. The van der Waals surface area contributed by atoms with Gasteiger partial charge in [0.05, 0.1) is 18.8 Å². The van der Waals surface area contributed by atoms with Gasteiger partial charge in [-0.2, -0.15) is 0 Å². The van der Waals surface area contributed by atoms with Crippen molar-refractivity contribution in [2.24, 2.45) is 0 Å². The van der Waals surface area contributed by atoms with Crippen molar-refractivity contribution in [3.05, 3.63) is 29.1 Å². The van der Waals surface area contributed by atoms with Crippen molar-refractivity contribution >= 4 is 5.91 Å². The summed E-state index contributed by atoms with van der Waals surface area (Å²) in [6.45, 7) is 3.68. The van der Waals surface area contributed by atoms with Crippen LogP contribution < -0.4 is 10.1 Å². The first-order valence-corrected chi connectivity index (χ1v) is 6.44. The number of aliphatic hydroxyl groups is 1. The second-order valence-electron chi connectivity index (χ2n) is 4.73. The third-order valence-corrected chi connectivity index (χ3v) is 3.26. The first-order chi connectivity index (χ1) is 9.02. The quantitative estimate of drug-likeness (QED) is 0.883. The molecule has 1 aliphatic rings. The number of nitrogens with one attached hydrogen (secondary N) is 1. The Kier molecular flexibility index (Phi) is 4.04. The van der Waals surface area contributed by atoms with Crippen LogP contribution in [0.15, 0.2) is 12.1 Å². The molecule has 2 atom stereocenters. The molecule has 0 bridgehead atoms. The van der Waals surface area contributed by atoms with Gasteiger partial charge in [-0.05, 0) is 18.6 Å². The fraction of sp³-hybridized carbons (Fsp3) is 0.500. The van der Waals surface area contributed by atoms with E-state index in [0.717, 1.165) is 0 Å². The summed E-state index contributed by atoms with van der Waals surface area (Å²) >= 11 is 0. The molecule has 1 heterocycles. The maximum Gasteiger partial charge on any atom is 0.217 e. The number of benzene rings is 1. The average molecular weight is 267 g/mol. The summed E-state index contributed by atoms with van der Waals surface area (Å²) in [4.78, 5) is 11.2. The average Bonchev–Trinajstić information content (AvgIpc) is 2.37. The molecule has 0 saturated carbocycles. The molecule has 5 heteroatoms. The fourth-order valence-corrected chi connectivity index (χ4v) is 2.36. The Balaban J connectivity index is 2.46. The third-order valence-electron chi connectivity index (χ3n) is 3.26. The van der Waals surface area contributed by atoms with Gasteiger partial charge in [0.1, 0.15) is 11.6 Å². The van der Waals surface area contributed by atoms with Crippen molar-refractivity contribution in [2.45, 2.75) is 38.8 Å². The van der Waals surface area contributed by atoms with E-state index < -0.39 is 11.9 Å². The molecule has 19 heavy (non-hydrogen) atoms. The molecule has 2 unspecified atom stereocenters. The van der Waals surface area contributed by atoms with Crippen LogP contribution in [-0.2, 0) is 4.79 Å². The Morgan fingerprint density at radius 1 is 1.63 bits per heavy atom. The molecule has 1 aromatic carbocycles. The second-order valence-corrected chi connectivity index (χ2v) is 4.73. The molecule has 0 fully saturated rings. The van der Waals surface area contributed by atoms with Crippen LogP contribution in [0.2, 0.25) is 0 Å². The number of carbonyl (C=O) groups is 1. The van der Waals surface area contributed by atoms with Crippen LogP contribution in [0, 0.1) is 5.82 Å². The lowest BCUT2D eigenvalue weighted by molar-refractivity contribution is -0.119. The highest BCUT2D eigenvalue weighted by Gasteiger charge is 2.27. The van der Waals surface area contributed by atoms with Crippen LogP contribution in [0.25, 0.3) is 0 Å². The number of hydrogen-bond acceptors (Lipinski definition) is 3. The van der Waals surface area contributed by atoms with E-state index in [1.54, 1.807) is 0 Å². The van der Waals surface area contributed by atoms with Gasteiger partial charge in [-0.25, -0.2) is 4.39 Å². The number of fused-ring (bicyclic) bond motifs is 1. The zero-order valence-corrected chi connectivity index (χ0v) is 11.1. The topological polar surface area (TPSA) is 58.6 Å². The minimum absolute atomic E-state index is 0.167. The minimum atomic E-state index is -0.763. The molecule has 0 saturated heterocycles. The van der Waals surface area contributed by atoms with E-state index in [1.165, 1.54) is 19.1 Å². The molecule has 4 nitrogen and oxygen atoms in total. The standard InChI is InChI=1S/C14H18FNO3/c1-3-13(18)11-7-9(15)6-10-12(16-8(2)17)4-5-19-14(10)11/h6-7,12-13,18H,3-5H2,1-2H3,(H,16,17). The lowest BCUT2D eigenvalue weighted by atomic mass is 9.94. The van der Waals surface area contributed by atoms with Gasteiger partial charge in [0.25, 0.3) is 0 Å². The maximum atomic E-state index is 13.7. The molecule has 1 amide bonds. The van der Waals surface area contributed by atoms with Crippen LogP contribution >= 0.6 is 0 Å². The number of hydrogen-bond donors (Lipinski definition) is 2. The predicted octanol–water partition coefficient (Wildman–Crippen LogP) is 2.23. The predicted molar refractivity (Wildman–Crippen MR) is 68.3 cm³/mol. The van der Waals surface area contributed by atoms with E-state index in [9.17, 15) is 14.3 Å². The first kappa shape index (κ1) is 13.8. The highest BCUT2D eigenvalue weighted by atomic mass is 19.1. The Hall–Kier alpha value is -1.62. The van der Waals surface area contributed by atoms with Gasteiger partial charge in [0.15, 0.2) is 0 Å². The lowest BCUT2D eigenvalue weighted by Crippen LogP contribution is -2.31. The van der Waals surface area contributed by atoms with Crippen LogP contribution in [0.4, 0.5) is 4.39 Å². The fourth-order valence-electron chi connectivity index (χ4n) is 2.36. The van der Waals surface area contributed by atoms with E-state index in [4.69, 9.17) is 4.74 Å². The number of rotatable bonds is 3. The Morgan fingerprint density at radius 2 is 2.37 bits per heavy atom. The number of amides is 1. The number of aliphatic hydroxyl groups excluding tert-OH is 1. The molecule has 2 rings (SSSR count). The van der Waals surface area contributed by atoms with E-state index in [0.29, 0.717) is 36.3 Å². The van der Waals surface area contributed by atoms with Crippen LogP contribution in [-0.4, -0.2) is 17.6 Å². The molecule has 0 spiro atoms. The molecule has 104 valence electrons. The summed E-state index contributed by atoms with van der Waals surface area (Å²) in [6, 6.07) is 2.39. The summed E-state index contributed by atoms with van der Waals surface area (Å²) in [5, 5.41) is 12.7. The Labute approximate surface area is 111 Å². The highest BCUT2D eigenvalue weighted by molar-refractivity contribution is 5.73.